The fraction of sp³-hybridized carbons (Fsp3) is 0.588. The maximum Gasteiger partial charge on any atom is 0.307 e. The number of hydrogen-bond donors (Lipinski definition) is 1. The lowest BCUT2D eigenvalue weighted by molar-refractivity contribution is -0.145. The molecule has 1 N–H and O–H groups in total. The summed E-state index contributed by atoms with van der Waals surface area (Å²) >= 11 is 4.35. The van der Waals surface area contributed by atoms with Crippen LogP contribution in [-0.2, 0) is 20.9 Å². The summed E-state index contributed by atoms with van der Waals surface area (Å²) in [7, 11) is 0. The number of halogens is 2. The molecule has 0 aliphatic heterocycles. The van der Waals surface area contributed by atoms with Crippen molar-refractivity contribution >= 4 is 28.9 Å². The Morgan fingerprint density at radius 1 is 1.42 bits per heavy atom. The third-order valence-corrected chi connectivity index (χ3v) is 5.01. The fourth-order valence-electron chi connectivity index (χ4n) is 1.80. The number of carbonyl (C=O) groups excluding carboxylic acids is 1. The van der Waals surface area contributed by atoms with Crippen molar-refractivity contribution in [3.63, 3.8) is 0 Å². The minimum Gasteiger partial charge on any atom is -0.598 e. The lowest BCUT2D eigenvalue weighted by Crippen LogP contribution is -2.42. The van der Waals surface area contributed by atoms with Crippen molar-refractivity contribution in [1.82, 2.24) is 4.72 Å². The number of benzene rings is 1. The minimum atomic E-state index is -1.48. The third-order valence-electron chi connectivity index (χ3n) is 3.11. The normalized spacial score (nSPS) is 14.5. The maximum absolute atomic E-state index is 14.3. The van der Waals surface area contributed by atoms with E-state index in [1.807, 2.05) is 13.8 Å². The standard InChI is InChI=1S/C17H25ClFNO3S/c1-11(2)10-23-15(21)9-14(20-24(22)17(3,4)5)12-7-6-8-13(18)16(12)19/h6-8,11,14,20H,9-10H2,1-5H3/t14-,24+/m1/s1. The highest BCUT2D eigenvalue weighted by Gasteiger charge is 2.32. The van der Waals surface area contributed by atoms with Gasteiger partial charge < -0.3 is 9.29 Å². The number of hydrogen-bond acceptors (Lipinski definition) is 4. The largest absolute Gasteiger partial charge is 0.598 e. The first-order valence-corrected chi connectivity index (χ1v) is 9.32. The lowest BCUT2D eigenvalue weighted by atomic mass is 10.0. The maximum atomic E-state index is 14.3. The van der Waals surface area contributed by atoms with Crippen molar-refractivity contribution in [1.29, 1.82) is 0 Å². The zero-order valence-corrected chi connectivity index (χ0v) is 16.3. The molecule has 0 bridgehead atoms. The number of ether oxygens (including phenoxy) is 1. The van der Waals surface area contributed by atoms with Gasteiger partial charge in [-0.15, -0.1) is 4.72 Å². The van der Waals surface area contributed by atoms with Crippen molar-refractivity contribution in [2.24, 2.45) is 5.92 Å². The van der Waals surface area contributed by atoms with Crippen LogP contribution in [0.15, 0.2) is 18.2 Å². The van der Waals surface area contributed by atoms with Gasteiger partial charge in [-0.1, -0.05) is 37.6 Å². The highest BCUT2D eigenvalue weighted by Crippen LogP contribution is 2.28. The van der Waals surface area contributed by atoms with Crippen molar-refractivity contribution < 1.29 is 18.5 Å². The van der Waals surface area contributed by atoms with E-state index in [-0.39, 0.29) is 29.5 Å². The quantitative estimate of drug-likeness (QED) is 0.572. The molecule has 1 aromatic carbocycles. The molecule has 0 radical (unpaired) electrons. The number of esters is 1. The molecular formula is C17H25ClFNO3S. The zero-order chi connectivity index (χ0) is 18.5. The van der Waals surface area contributed by atoms with E-state index < -0.39 is 33.9 Å². The molecule has 0 aliphatic carbocycles. The van der Waals surface area contributed by atoms with Gasteiger partial charge in [-0.3, -0.25) is 4.79 Å². The Hall–Kier alpha value is -0.820. The molecule has 0 heterocycles. The molecule has 0 unspecified atom stereocenters. The summed E-state index contributed by atoms with van der Waals surface area (Å²) in [5.41, 5.74) is 0.196. The van der Waals surface area contributed by atoms with Crippen LogP contribution in [0.3, 0.4) is 0 Å². The summed E-state index contributed by atoms with van der Waals surface area (Å²) in [6.45, 7) is 9.50. The van der Waals surface area contributed by atoms with E-state index in [4.69, 9.17) is 16.3 Å². The zero-order valence-electron chi connectivity index (χ0n) is 14.7. The molecular weight excluding hydrogens is 353 g/mol. The van der Waals surface area contributed by atoms with Gasteiger partial charge >= 0.3 is 5.97 Å². The summed E-state index contributed by atoms with van der Waals surface area (Å²) in [5.74, 6) is -0.905. The monoisotopic (exact) mass is 377 g/mol. The SMILES string of the molecule is CC(C)COC(=O)C[C@@H](N[S@@+]([O-])C(C)(C)C)c1cccc(Cl)c1F. The molecule has 0 spiro atoms. The van der Waals surface area contributed by atoms with E-state index >= 15 is 0 Å². The lowest BCUT2D eigenvalue weighted by Gasteiger charge is -2.28. The number of carbonyl (C=O) groups is 1. The van der Waals surface area contributed by atoms with E-state index in [1.165, 1.54) is 12.1 Å². The molecule has 7 heteroatoms. The second-order valence-electron chi connectivity index (χ2n) is 6.98. The smallest absolute Gasteiger partial charge is 0.307 e. The first-order valence-electron chi connectivity index (χ1n) is 7.80. The third kappa shape index (κ3) is 6.59. The molecule has 1 aromatic rings. The van der Waals surface area contributed by atoms with Crippen LogP contribution in [-0.4, -0.2) is 21.9 Å². The summed E-state index contributed by atoms with van der Waals surface area (Å²) in [6.07, 6.45) is -0.133. The average molecular weight is 378 g/mol. The Morgan fingerprint density at radius 2 is 2.04 bits per heavy atom. The van der Waals surface area contributed by atoms with Crippen LogP contribution < -0.4 is 4.72 Å². The van der Waals surface area contributed by atoms with Crippen molar-refractivity contribution in [3.8, 4) is 0 Å². The van der Waals surface area contributed by atoms with Crippen LogP contribution in [0.25, 0.3) is 0 Å². The van der Waals surface area contributed by atoms with Gasteiger partial charge in [-0.25, -0.2) is 4.39 Å². The molecule has 24 heavy (non-hydrogen) atoms. The van der Waals surface area contributed by atoms with Crippen LogP contribution in [0.4, 0.5) is 4.39 Å². The van der Waals surface area contributed by atoms with Crippen molar-refractivity contribution in [3.05, 3.63) is 34.6 Å². The Labute approximate surface area is 151 Å². The van der Waals surface area contributed by atoms with E-state index in [2.05, 4.69) is 4.72 Å². The second kappa shape index (κ2) is 9.04. The van der Waals surface area contributed by atoms with Crippen LogP contribution in [0.1, 0.15) is 52.6 Å². The molecule has 0 fully saturated rings. The number of rotatable bonds is 7. The average Bonchev–Trinajstić information content (AvgIpc) is 2.46. The summed E-state index contributed by atoms with van der Waals surface area (Å²) in [6, 6.07) is 3.75. The van der Waals surface area contributed by atoms with Crippen LogP contribution in [0.5, 0.6) is 0 Å². The minimum absolute atomic E-state index is 0.0450. The Kier molecular flexibility index (Phi) is 7.99. The summed E-state index contributed by atoms with van der Waals surface area (Å²) in [5, 5.41) is -0.0450. The van der Waals surface area contributed by atoms with Gasteiger partial charge in [0.25, 0.3) is 0 Å². The van der Waals surface area contributed by atoms with E-state index in [0.717, 1.165) is 0 Å². The number of nitrogens with one attached hydrogen (secondary N) is 1. The van der Waals surface area contributed by atoms with E-state index in [0.29, 0.717) is 0 Å². The molecule has 0 saturated carbocycles. The van der Waals surface area contributed by atoms with E-state index in [1.54, 1.807) is 26.8 Å². The van der Waals surface area contributed by atoms with Gasteiger partial charge in [0.15, 0.2) is 0 Å². The predicted molar refractivity (Wildman–Crippen MR) is 95.6 cm³/mol. The van der Waals surface area contributed by atoms with Gasteiger partial charge in [0.05, 0.1) is 24.1 Å². The topological polar surface area (TPSA) is 61.4 Å². The molecule has 0 saturated heterocycles. The highest BCUT2D eigenvalue weighted by molar-refractivity contribution is 7.90. The van der Waals surface area contributed by atoms with E-state index in [9.17, 15) is 13.7 Å². The van der Waals surface area contributed by atoms with Crippen LogP contribution in [0, 0.1) is 11.7 Å². The Morgan fingerprint density at radius 3 is 2.58 bits per heavy atom. The Bertz CT molecular complexity index is 563. The van der Waals surface area contributed by atoms with Crippen LogP contribution in [0.2, 0.25) is 5.02 Å². The predicted octanol–water partition coefficient (Wildman–Crippen LogP) is 4.16. The second-order valence-corrected chi connectivity index (χ2v) is 9.38. The van der Waals surface area contributed by atoms with Gasteiger partial charge in [0, 0.05) is 16.9 Å². The molecule has 0 aliphatic rings. The molecule has 0 amide bonds. The van der Waals surface area contributed by atoms with Gasteiger partial charge in [0.2, 0.25) is 0 Å². The molecule has 4 nitrogen and oxygen atoms in total. The first-order chi connectivity index (χ1) is 11.0. The van der Waals surface area contributed by atoms with Gasteiger partial charge in [0.1, 0.15) is 10.6 Å². The van der Waals surface area contributed by atoms with Gasteiger partial charge in [-0.05, 0) is 32.8 Å². The summed E-state index contributed by atoms with van der Waals surface area (Å²) < 4.78 is 34.2. The molecule has 2 atom stereocenters. The van der Waals surface area contributed by atoms with Crippen molar-refractivity contribution in [2.45, 2.75) is 51.8 Å². The van der Waals surface area contributed by atoms with Crippen LogP contribution >= 0.6 is 11.6 Å². The summed E-state index contributed by atoms with van der Waals surface area (Å²) in [4.78, 5) is 12.0. The fourth-order valence-corrected chi connectivity index (χ4v) is 2.80. The first kappa shape index (κ1) is 21.2. The van der Waals surface area contributed by atoms with Crippen molar-refractivity contribution in [2.75, 3.05) is 6.61 Å². The molecule has 0 aromatic heterocycles. The molecule has 1 rings (SSSR count). The van der Waals surface area contributed by atoms with Gasteiger partial charge in [-0.2, -0.15) is 0 Å². The highest BCUT2D eigenvalue weighted by atomic mass is 35.5. The Balaban J connectivity index is 2.99. The molecule has 136 valence electrons.